The van der Waals surface area contributed by atoms with E-state index in [9.17, 15) is 0 Å². The molecular weight excluding hydrogens is 234 g/mol. The molecule has 0 aliphatic rings. The third-order valence-electron chi connectivity index (χ3n) is 2.33. The van der Waals surface area contributed by atoms with Gasteiger partial charge in [-0.3, -0.25) is 0 Å². The first-order valence-corrected chi connectivity index (χ1v) is 5.85. The van der Waals surface area contributed by atoms with Crippen molar-refractivity contribution < 1.29 is 5.11 Å². The smallest absolute Gasteiger partial charge is 0.172 e. The molecule has 4 nitrogen and oxygen atoms in total. The molecule has 86 valence electrons. The van der Waals surface area contributed by atoms with Crippen molar-refractivity contribution in [1.29, 1.82) is 5.26 Å². The first kappa shape index (κ1) is 11.7. The molecule has 1 N–H and O–H groups in total. The number of aliphatic hydroxyl groups is 1. The molecule has 2 aromatic rings. The monoisotopic (exact) mass is 245 g/mol. The summed E-state index contributed by atoms with van der Waals surface area (Å²) in [5.41, 5.74) is 1.30. The maximum absolute atomic E-state index is 9.06. The lowest BCUT2D eigenvalue weighted by atomic mass is 10.1. The van der Waals surface area contributed by atoms with E-state index in [0.717, 1.165) is 15.6 Å². The average molecular weight is 245 g/mol. The summed E-state index contributed by atoms with van der Waals surface area (Å²) in [7, 11) is 1.91. The van der Waals surface area contributed by atoms with E-state index in [2.05, 4.69) is 11.1 Å². The van der Waals surface area contributed by atoms with Gasteiger partial charge in [-0.2, -0.15) is 5.26 Å². The van der Waals surface area contributed by atoms with Gasteiger partial charge in [0.1, 0.15) is 6.07 Å². The minimum Gasteiger partial charge on any atom is -0.392 e. The summed E-state index contributed by atoms with van der Waals surface area (Å²) in [5, 5.41) is 18.9. The van der Waals surface area contributed by atoms with E-state index in [1.54, 1.807) is 12.3 Å². The molecule has 0 saturated heterocycles. The summed E-state index contributed by atoms with van der Waals surface area (Å²) < 4.78 is 1.89. The Morgan fingerprint density at radius 2 is 2.35 bits per heavy atom. The Kier molecular flexibility index (Phi) is 3.47. The van der Waals surface area contributed by atoms with Crippen LogP contribution in [0.1, 0.15) is 11.1 Å². The van der Waals surface area contributed by atoms with Crippen molar-refractivity contribution in [2.45, 2.75) is 16.7 Å². The Morgan fingerprint density at radius 3 is 2.94 bits per heavy atom. The van der Waals surface area contributed by atoms with Gasteiger partial charge in [-0.05, 0) is 17.7 Å². The largest absolute Gasteiger partial charge is 0.392 e. The molecule has 0 amide bonds. The molecule has 0 radical (unpaired) electrons. The van der Waals surface area contributed by atoms with Crippen molar-refractivity contribution in [3.8, 4) is 6.07 Å². The number of aryl methyl sites for hydroxylation is 1. The van der Waals surface area contributed by atoms with Crippen LogP contribution in [0.5, 0.6) is 0 Å². The van der Waals surface area contributed by atoms with Gasteiger partial charge in [0, 0.05) is 24.3 Å². The van der Waals surface area contributed by atoms with Crippen molar-refractivity contribution in [2.24, 2.45) is 7.05 Å². The van der Waals surface area contributed by atoms with Gasteiger partial charge in [0.25, 0.3) is 0 Å². The van der Waals surface area contributed by atoms with E-state index in [4.69, 9.17) is 10.4 Å². The fourth-order valence-corrected chi connectivity index (χ4v) is 2.27. The number of aliphatic hydroxyl groups excluding tert-OH is 1. The highest BCUT2D eigenvalue weighted by Gasteiger charge is 2.08. The molecular formula is C12H11N3OS. The van der Waals surface area contributed by atoms with Crippen LogP contribution in [-0.2, 0) is 13.7 Å². The fourth-order valence-electron chi connectivity index (χ4n) is 1.40. The predicted molar refractivity (Wildman–Crippen MR) is 64.4 cm³/mol. The first-order valence-electron chi connectivity index (χ1n) is 5.03. The van der Waals surface area contributed by atoms with Crippen LogP contribution in [0.15, 0.2) is 40.6 Å². The molecule has 2 rings (SSSR count). The molecule has 0 atom stereocenters. The second-order valence-electron chi connectivity index (χ2n) is 3.52. The summed E-state index contributed by atoms with van der Waals surface area (Å²) in [4.78, 5) is 5.04. The summed E-state index contributed by atoms with van der Waals surface area (Å²) >= 11 is 1.44. The van der Waals surface area contributed by atoms with Crippen LogP contribution in [-0.4, -0.2) is 14.7 Å². The average Bonchev–Trinajstić information content (AvgIpc) is 2.75. The Labute approximate surface area is 104 Å². The highest BCUT2D eigenvalue weighted by Crippen LogP contribution is 2.29. The van der Waals surface area contributed by atoms with Gasteiger partial charge < -0.3 is 9.67 Å². The Morgan fingerprint density at radius 1 is 1.53 bits per heavy atom. The molecule has 0 unspecified atom stereocenters. The lowest BCUT2D eigenvalue weighted by molar-refractivity contribution is 0.281. The lowest BCUT2D eigenvalue weighted by Crippen LogP contribution is -1.91. The van der Waals surface area contributed by atoms with Crippen LogP contribution in [0.2, 0.25) is 0 Å². The number of hydrogen-bond donors (Lipinski definition) is 1. The Hall–Kier alpha value is -1.77. The number of aromatic nitrogens is 2. The lowest BCUT2D eigenvalue weighted by Gasteiger charge is -2.05. The third kappa shape index (κ3) is 2.49. The number of imidazole rings is 1. The summed E-state index contributed by atoms with van der Waals surface area (Å²) in [6, 6.07) is 7.48. The van der Waals surface area contributed by atoms with Crippen LogP contribution < -0.4 is 0 Å². The summed E-state index contributed by atoms with van der Waals surface area (Å²) in [6.45, 7) is -0.0535. The number of hydrogen-bond acceptors (Lipinski definition) is 4. The van der Waals surface area contributed by atoms with Crippen molar-refractivity contribution in [2.75, 3.05) is 0 Å². The summed E-state index contributed by atoms with van der Waals surface area (Å²) in [5.74, 6) is 0. The molecule has 1 aromatic carbocycles. The molecule has 1 aromatic heterocycles. The maximum Gasteiger partial charge on any atom is 0.172 e. The van der Waals surface area contributed by atoms with E-state index in [1.165, 1.54) is 11.8 Å². The summed E-state index contributed by atoms with van der Waals surface area (Å²) in [6.07, 6.45) is 3.58. The van der Waals surface area contributed by atoms with E-state index in [-0.39, 0.29) is 6.61 Å². The first-order chi connectivity index (χ1) is 8.24. The zero-order valence-electron chi connectivity index (χ0n) is 9.29. The van der Waals surface area contributed by atoms with Gasteiger partial charge in [-0.25, -0.2) is 4.98 Å². The molecule has 0 saturated carbocycles. The van der Waals surface area contributed by atoms with Crippen LogP contribution >= 0.6 is 11.8 Å². The molecule has 0 aliphatic carbocycles. The predicted octanol–water partition coefficient (Wildman–Crippen LogP) is 1.94. The molecule has 1 heterocycles. The zero-order chi connectivity index (χ0) is 12.3. The number of nitrogens with zero attached hydrogens (tertiary/aromatic N) is 3. The third-order valence-corrected chi connectivity index (χ3v) is 3.48. The fraction of sp³-hybridized carbons (Fsp3) is 0.167. The van der Waals surface area contributed by atoms with Gasteiger partial charge in [0.15, 0.2) is 5.16 Å². The van der Waals surface area contributed by atoms with Crippen molar-refractivity contribution >= 4 is 11.8 Å². The van der Waals surface area contributed by atoms with Crippen LogP contribution in [0.3, 0.4) is 0 Å². The van der Waals surface area contributed by atoms with Gasteiger partial charge >= 0.3 is 0 Å². The maximum atomic E-state index is 9.06. The molecule has 0 spiro atoms. The van der Waals surface area contributed by atoms with Crippen LogP contribution in [0.4, 0.5) is 0 Å². The standard InChI is InChI=1S/C12H11N3OS/c1-15-5-4-14-12(15)17-11-3-2-9(8-16)6-10(11)7-13/h2-6,16H,8H2,1H3. The van der Waals surface area contributed by atoms with Crippen LogP contribution in [0, 0.1) is 11.3 Å². The Bertz CT molecular complexity index is 571. The van der Waals surface area contributed by atoms with E-state index in [0.29, 0.717) is 5.56 Å². The van der Waals surface area contributed by atoms with Gasteiger partial charge in [-0.15, -0.1) is 0 Å². The normalized spacial score (nSPS) is 10.2. The SMILES string of the molecule is Cn1ccnc1Sc1ccc(CO)cc1C#N. The van der Waals surface area contributed by atoms with Gasteiger partial charge in [0.2, 0.25) is 0 Å². The molecule has 0 aliphatic heterocycles. The van der Waals surface area contributed by atoms with Gasteiger partial charge in [-0.1, -0.05) is 17.8 Å². The highest BCUT2D eigenvalue weighted by atomic mass is 32.2. The minimum absolute atomic E-state index is 0.0535. The van der Waals surface area contributed by atoms with Crippen molar-refractivity contribution in [3.63, 3.8) is 0 Å². The topological polar surface area (TPSA) is 61.8 Å². The Balaban J connectivity index is 2.34. The minimum atomic E-state index is -0.0535. The van der Waals surface area contributed by atoms with Crippen molar-refractivity contribution in [3.05, 3.63) is 41.7 Å². The molecule has 0 bridgehead atoms. The number of nitriles is 1. The highest BCUT2D eigenvalue weighted by molar-refractivity contribution is 7.99. The number of rotatable bonds is 3. The molecule has 5 heteroatoms. The number of benzene rings is 1. The second-order valence-corrected chi connectivity index (χ2v) is 4.53. The van der Waals surface area contributed by atoms with E-state index in [1.807, 2.05) is 29.9 Å². The molecule has 17 heavy (non-hydrogen) atoms. The molecule has 0 fully saturated rings. The quantitative estimate of drug-likeness (QED) is 0.897. The van der Waals surface area contributed by atoms with Crippen LogP contribution in [0.25, 0.3) is 0 Å². The zero-order valence-corrected chi connectivity index (χ0v) is 10.1. The van der Waals surface area contributed by atoms with Crippen molar-refractivity contribution in [1.82, 2.24) is 9.55 Å². The van der Waals surface area contributed by atoms with E-state index < -0.39 is 0 Å². The van der Waals surface area contributed by atoms with E-state index >= 15 is 0 Å². The van der Waals surface area contributed by atoms with Gasteiger partial charge in [0.05, 0.1) is 12.2 Å². The second kappa shape index (κ2) is 5.04.